The third-order valence-electron chi connectivity index (χ3n) is 5.18. The maximum atomic E-state index is 12.5. The second-order valence-electron chi connectivity index (χ2n) is 7.25. The molecule has 2 N–H and O–H groups in total. The summed E-state index contributed by atoms with van der Waals surface area (Å²) in [5, 5.41) is 6.64. The molecule has 2 fully saturated rings. The fraction of sp³-hybridized carbons (Fsp3) is 0.938. The van der Waals surface area contributed by atoms with Crippen molar-refractivity contribution in [2.75, 3.05) is 39.8 Å². The largest absolute Gasteiger partial charge is 0.355 e. The molecule has 0 radical (unpaired) electrons. The van der Waals surface area contributed by atoms with Crippen LogP contribution in [0.2, 0.25) is 0 Å². The van der Waals surface area contributed by atoms with E-state index in [-0.39, 0.29) is 11.3 Å². The lowest BCUT2D eigenvalue weighted by molar-refractivity contribution is -0.132. The van der Waals surface area contributed by atoms with Crippen LogP contribution >= 0.6 is 0 Å². The molecule has 4 heteroatoms. The lowest BCUT2D eigenvalue weighted by Gasteiger charge is -2.37. The van der Waals surface area contributed by atoms with Crippen molar-refractivity contribution in [1.82, 2.24) is 15.5 Å². The van der Waals surface area contributed by atoms with Crippen LogP contribution in [-0.2, 0) is 4.79 Å². The molecule has 0 aromatic rings. The summed E-state index contributed by atoms with van der Waals surface area (Å²) in [6.45, 7) is 9.44. The Bertz CT molecular complexity index is 324. The molecular formula is C16H31N3O. The van der Waals surface area contributed by atoms with Gasteiger partial charge in [-0.05, 0) is 64.2 Å². The first-order valence-electron chi connectivity index (χ1n) is 8.17. The molecule has 0 aromatic heterocycles. The Morgan fingerprint density at radius 3 is 2.80 bits per heavy atom. The van der Waals surface area contributed by atoms with Crippen LogP contribution in [0, 0.1) is 17.3 Å². The van der Waals surface area contributed by atoms with Crippen molar-refractivity contribution in [1.29, 1.82) is 0 Å². The highest BCUT2D eigenvalue weighted by atomic mass is 16.2. The van der Waals surface area contributed by atoms with Gasteiger partial charge in [0, 0.05) is 18.5 Å². The number of carbonyl (C=O) groups is 1. The van der Waals surface area contributed by atoms with Crippen LogP contribution in [-0.4, -0.2) is 50.6 Å². The van der Waals surface area contributed by atoms with E-state index < -0.39 is 0 Å². The first kappa shape index (κ1) is 15.8. The fourth-order valence-electron chi connectivity index (χ4n) is 3.56. The van der Waals surface area contributed by atoms with Crippen molar-refractivity contribution in [3.8, 4) is 0 Å². The van der Waals surface area contributed by atoms with Crippen molar-refractivity contribution in [3.63, 3.8) is 0 Å². The highest BCUT2D eigenvalue weighted by Gasteiger charge is 2.37. The van der Waals surface area contributed by atoms with Gasteiger partial charge in [-0.15, -0.1) is 0 Å². The van der Waals surface area contributed by atoms with E-state index in [9.17, 15) is 4.79 Å². The molecule has 2 aliphatic heterocycles. The quantitative estimate of drug-likeness (QED) is 0.820. The van der Waals surface area contributed by atoms with E-state index in [1.807, 2.05) is 0 Å². The van der Waals surface area contributed by atoms with Crippen LogP contribution in [0.1, 0.15) is 39.5 Å². The smallest absolute Gasteiger partial charge is 0.225 e. The Morgan fingerprint density at radius 2 is 2.15 bits per heavy atom. The van der Waals surface area contributed by atoms with Crippen LogP contribution in [0.3, 0.4) is 0 Å². The van der Waals surface area contributed by atoms with Gasteiger partial charge in [-0.3, -0.25) is 4.79 Å². The zero-order valence-electron chi connectivity index (χ0n) is 13.4. The number of nitrogens with zero attached hydrogens (tertiary/aromatic N) is 1. The Labute approximate surface area is 123 Å². The minimum Gasteiger partial charge on any atom is -0.355 e. The third-order valence-corrected chi connectivity index (χ3v) is 5.18. The lowest BCUT2D eigenvalue weighted by Crippen LogP contribution is -2.49. The van der Waals surface area contributed by atoms with Crippen LogP contribution < -0.4 is 10.6 Å². The molecule has 0 spiro atoms. The van der Waals surface area contributed by atoms with Gasteiger partial charge in [-0.1, -0.05) is 13.8 Å². The second kappa shape index (κ2) is 6.90. The Kier molecular flexibility index (Phi) is 5.44. The molecule has 0 saturated carbocycles. The molecule has 4 nitrogen and oxygen atoms in total. The summed E-state index contributed by atoms with van der Waals surface area (Å²) < 4.78 is 0. The summed E-state index contributed by atoms with van der Waals surface area (Å²) in [6, 6.07) is 0. The van der Waals surface area contributed by atoms with E-state index in [4.69, 9.17) is 0 Å². The van der Waals surface area contributed by atoms with Crippen LogP contribution in [0.4, 0.5) is 0 Å². The van der Waals surface area contributed by atoms with Crippen LogP contribution in [0.25, 0.3) is 0 Å². The van der Waals surface area contributed by atoms with E-state index >= 15 is 0 Å². The van der Waals surface area contributed by atoms with Crippen molar-refractivity contribution in [2.45, 2.75) is 39.5 Å². The molecule has 2 rings (SSSR count). The zero-order chi connectivity index (χ0) is 14.6. The Balaban J connectivity index is 1.80. The van der Waals surface area contributed by atoms with Gasteiger partial charge in [0.05, 0.1) is 0 Å². The highest BCUT2D eigenvalue weighted by molar-refractivity contribution is 5.82. The number of nitrogens with one attached hydrogen (secondary N) is 2. The first-order valence-corrected chi connectivity index (χ1v) is 8.17. The summed E-state index contributed by atoms with van der Waals surface area (Å²) in [6.07, 6.45) is 4.86. The molecule has 0 aliphatic carbocycles. The lowest BCUT2D eigenvalue weighted by atomic mass is 9.74. The predicted molar refractivity (Wildman–Crippen MR) is 82.6 cm³/mol. The zero-order valence-corrected chi connectivity index (χ0v) is 13.4. The molecule has 1 amide bonds. The molecule has 2 saturated heterocycles. The predicted octanol–water partition coefficient (Wildman–Crippen LogP) is 1.47. The maximum Gasteiger partial charge on any atom is 0.225 e. The first-order chi connectivity index (χ1) is 9.50. The van der Waals surface area contributed by atoms with Crippen LogP contribution in [0.15, 0.2) is 0 Å². The highest BCUT2D eigenvalue weighted by Crippen LogP contribution is 2.32. The average Bonchev–Trinajstić information content (AvgIpc) is 2.45. The standard InChI is InChI=1S/C16H31N3O/c1-16(2,14-7-4-8-17-11-14)15(20)18-10-13-6-5-9-19(3)12-13/h13-14,17H,4-12H2,1-3H3,(H,18,20). The van der Waals surface area contributed by atoms with Gasteiger partial charge in [0.2, 0.25) is 5.91 Å². The number of rotatable bonds is 4. The number of piperidine rings is 2. The second-order valence-corrected chi connectivity index (χ2v) is 7.25. The number of likely N-dealkylation sites (tertiary alicyclic amines) is 1. The summed E-state index contributed by atoms with van der Waals surface area (Å²) in [4.78, 5) is 14.9. The molecule has 2 aliphatic rings. The minimum absolute atomic E-state index is 0.236. The van der Waals surface area contributed by atoms with Crippen LogP contribution in [0.5, 0.6) is 0 Å². The van der Waals surface area contributed by atoms with E-state index in [2.05, 4.69) is 36.4 Å². The number of carbonyl (C=O) groups excluding carboxylic acids is 1. The topological polar surface area (TPSA) is 44.4 Å². The fourth-order valence-corrected chi connectivity index (χ4v) is 3.56. The SMILES string of the molecule is CN1CCCC(CNC(=O)C(C)(C)C2CCCNC2)C1. The van der Waals surface area contributed by atoms with E-state index in [0.717, 1.165) is 26.2 Å². The van der Waals surface area contributed by atoms with Gasteiger partial charge in [-0.25, -0.2) is 0 Å². The number of hydrogen-bond donors (Lipinski definition) is 2. The molecular weight excluding hydrogens is 250 g/mol. The van der Waals surface area contributed by atoms with Crippen molar-refractivity contribution < 1.29 is 4.79 Å². The summed E-state index contributed by atoms with van der Waals surface area (Å²) in [5.74, 6) is 1.32. The molecule has 2 atom stereocenters. The van der Waals surface area contributed by atoms with Gasteiger partial charge in [0.25, 0.3) is 0 Å². The Morgan fingerprint density at radius 1 is 1.35 bits per heavy atom. The molecule has 116 valence electrons. The summed E-state index contributed by atoms with van der Waals surface area (Å²) in [7, 11) is 2.17. The maximum absolute atomic E-state index is 12.5. The van der Waals surface area contributed by atoms with E-state index in [1.54, 1.807) is 0 Å². The Hall–Kier alpha value is -0.610. The average molecular weight is 281 g/mol. The van der Waals surface area contributed by atoms with E-state index in [1.165, 1.54) is 32.2 Å². The molecule has 20 heavy (non-hydrogen) atoms. The summed E-state index contributed by atoms with van der Waals surface area (Å²) >= 11 is 0. The van der Waals surface area contributed by atoms with Crippen molar-refractivity contribution in [2.24, 2.45) is 17.3 Å². The third kappa shape index (κ3) is 3.95. The van der Waals surface area contributed by atoms with Gasteiger partial charge in [-0.2, -0.15) is 0 Å². The van der Waals surface area contributed by atoms with E-state index in [0.29, 0.717) is 11.8 Å². The monoisotopic (exact) mass is 281 g/mol. The number of amides is 1. The van der Waals surface area contributed by atoms with Gasteiger partial charge in [0.1, 0.15) is 0 Å². The van der Waals surface area contributed by atoms with Crippen molar-refractivity contribution >= 4 is 5.91 Å². The normalized spacial score (nSPS) is 29.1. The molecule has 2 unspecified atom stereocenters. The summed E-state index contributed by atoms with van der Waals surface area (Å²) in [5.41, 5.74) is -0.256. The molecule has 0 bridgehead atoms. The van der Waals surface area contributed by atoms with Gasteiger partial charge < -0.3 is 15.5 Å². The minimum atomic E-state index is -0.256. The molecule has 0 aromatic carbocycles. The molecule has 2 heterocycles. The van der Waals surface area contributed by atoms with Gasteiger partial charge in [0.15, 0.2) is 0 Å². The van der Waals surface area contributed by atoms with Gasteiger partial charge >= 0.3 is 0 Å². The van der Waals surface area contributed by atoms with Crippen molar-refractivity contribution in [3.05, 3.63) is 0 Å². The number of hydrogen-bond acceptors (Lipinski definition) is 3.